The van der Waals surface area contributed by atoms with Gasteiger partial charge in [-0.2, -0.15) is 0 Å². The first-order valence-corrected chi connectivity index (χ1v) is 11.3. The molecule has 1 heterocycles. The third kappa shape index (κ3) is 5.11. The molecule has 0 amide bonds. The van der Waals surface area contributed by atoms with Crippen molar-refractivity contribution in [3.63, 3.8) is 0 Å². The normalized spacial score (nSPS) is 12.9. The molecule has 1 unspecified atom stereocenters. The van der Waals surface area contributed by atoms with Gasteiger partial charge in [-0.05, 0) is 70.9 Å². The molecule has 0 radical (unpaired) electrons. The molecule has 4 N–H and O–H groups in total. The molecule has 2 aromatic carbocycles. The van der Waals surface area contributed by atoms with Gasteiger partial charge >= 0.3 is 0 Å². The maximum atomic E-state index is 13.1. The highest BCUT2D eigenvalue weighted by atomic mass is 16.4. The molecule has 0 saturated carbocycles. The van der Waals surface area contributed by atoms with E-state index in [0.717, 1.165) is 36.5 Å². The molecular weight excluding hydrogens is 432 g/mol. The number of phenolic OH excluding ortho intramolecular Hbond substituents is 4. The van der Waals surface area contributed by atoms with E-state index in [0.29, 0.717) is 18.4 Å². The summed E-state index contributed by atoms with van der Waals surface area (Å²) in [5, 5.41) is 41.1. The first kappa shape index (κ1) is 25.0. The van der Waals surface area contributed by atoms with Crippen LogP contribution in [0.4, 0.5) is 0 Å². The van der Waals surface area contributed by atoms with Crippen molar-refractivity contribution in [3.05, 3.63) is 69.9 Å². The molecule has 6 heteroatoms. The average molecular weight is 465 g/mol. The highest BCUT2D eigenvalue weighted by molar-refractivity contribution is 5.98. The van der Waals surface area contributed by atoms with Crippen LogP contribution in [-0.2, 0) is 6.42 Å². The van der Waals surface area contributed by atoms with Crippen molar-refractivity contribution in [2.24, 2.45) is 5.92 Å². The third-order valence-corrected chi connectivity index (χ3v) is 6.20. The van der Waals surface area contributed by atoms with Gasteiger partial charge in [-0.25, -0.2) is 0 Å². The van der Waals surface area contributed by atoms with Crippen molar-refractivity contribution < 1.29 is 24.8 Å². The fourth-order valence-electron chi connectivity index (χ4n) is 4.10. The minimum Gasteiger partial charge on any atom is -0.507 e. The zero-order chi connectivity index (χ0) is 25.2. The molecule has 1 atom stereocenters. The van der Waals surface area contributed by atoms with Crippen LogP contribution in [-0.4, -0.2) is 20.4 Å². The van der Waals surface area contributed by atoms with Crippen LogP contribution in [0.15, 0.2) is 63.4 Å². The first-order chi connectivity index (χ1) is 16.0. The number of allylic oxidation sites excluding steroid dienone is 4. The van der Waals surface area contributed by atoms with Crippen molar-refractivity contribution in [2.45, 2.75) is 52.9 Å². The van der Waals surface area contributed by atoms with Crippen molar-refractivity contribution in [3.8, 4) is 23.0 Å². The molecule has 0 bridgehead atoms. The monoisotopic (exact) mass is 464 g/mol. The van der Waals surface area contributed by atoms with Gasteiger partial charge in [0.05, 0.1) is 5.39 Å². The Bertz CT molecular complexity index is 1360. The Morgan fingerprint density at radius 3 is 2.35 bits per heavy atom. The van der Waals surface area contributed by atoms with Crippen LogP contribution in [0.2, 0.25) is 0 Å². The molecule has 0 fully saturated rings. The van der Waals surface area contributed by atoms with E-state index in [1.54, 1.807) is 0 Å². The predicted octanol–water partition coefficient (Wildman–Crippen LogP) is 6.59. The lowest BCUT2D eigenvalue weighted by Crippen LogP contribution is -2.09. The molecule has 3 rings (SSSR count). The van der Waals surface area contributed by atoms with Gasteiger partial charge < -0.3 is 24.8 Å². The number of hydrogen-bond acceptors (Lipinski definition) is 6. The molecular formula is C28H32O6. The summed E-state index contributed by atoms with van der Waals surface area (Å²) in [4.78, 5) is 13.1. The van der Waals surface area contributed by atoms with Gasteiger partial charge in [0.15, 0.2) is 11.3 Å². The van der Waals surface area contributed by atoms with E-state index in [1.807, 2.05) is 13.8 Å². The second-order valence-corrected chi connectivity index (χ2v) is 9.18. The summed E-state index contributed by atoms with van der Waals surface area (Å²) >= 11 is 0. The Balaban J connectivity index is 2.05. The second-order valence-electron chi connectivity index (χ2n) is 9.18. The van der Waals surface area contributed by atoms with Crippen molar-refractivity contribution in [2.75, 3.05) is 0 Å². The van der Waals surface area contributed by atoms with Crippen molar-refractivity contribution in [1.82, 2.24) is 0 Å². The molecule has 1 aromatic heterocycles. The summed E-state index contributed by atoms with van der Waals surface area (Å²) in [5.41, 5.74) is 2.85. The van der Waals surface area contributed by atoms with E-state index >= 15 is 0 Å². The van der Waals surface area contributed by atoms with Crippen LogP contribution in [0, 0.1) is 5.92 Å². The quantitative estimate of drug-likeness (QED) is 0.162. The molecule has 0 saturated heterocycles. The minimum atomic E-state index is -0.574. The van der Waals surface area contributed by atoms with Gasteiger partial charge in [-0.15, -0.1) is 6.58 Å². The summed E-state index contributed by atoms with van der Waals surface area (Å²) < 4.78 is 5.83. The number of hydrogen-bond donors (Lipinski definition) is 4. The zero-order valence-corrected chi connectivity index (χ0v) is 19.9. The highest BCUT2D eigenvalue weighted by Gasteiger charge is 2.23. The van der Waals surface area contributed by atoms with E-state index in [4.69, 9.17) is 4.42 Å². The zero-order valence-electron chi connectivity index (χ0n) is 19.9. The Labute approximate surface area is 198 Å². The van der Waals surface area contributed by atoms with Gasteiger partial charge in [0.1, 0.15) is 22.5 Å². The van der Waals surface area contributed by atoms with E-state index in [9.17, 15) is 25.2 Å². The largest absolute Gasteiger partial charge is 0.507 e. The maximum absolute atomic E-state index is 13.1. The topological polar surface area (TPSA) is 111 Å². The second kappa shape index (κ2) is 10.1. The molecule has 0 aliphatic heterocycles. The van der Waals surface area contributed by atoms with E-state index < -0.39 is 22.7 Å². The number of aromatic hydroxyl groups is 4. The maximum Gasteiger partial charge on any atom is 0.204 e. The van der Waals surface area contributed by atoms with Crippen LogP contribution in [0.25, 0.3) is 21.9 Å². The first-order valence-electron chi connectivity index (χ1n) is 11.3. The summed E-state index contributed by atoms with van der Waals surface area (Å²) in [5.74, 6) is -1.71. The van der Waals surface area contributed by atoms with Crippen LogP contribution in [0.1, 0.15) is 52.0 Å². The Morgan fingerprint density at radius 1 is 1.00 bits per heavy atom. The molecule has 0 aliphatic carbocycles. The third-order valence-electron chi connectivity index (χ3n) is 6.20. The Kier molecular flexibility index (Phi) is 7.40. The summed E-state index contributed by atoms with van der Waals surface area (Å²) in [7, 11) is 0. The number of rotatable bonds is 9. The van der Waals surface area contributed by atoms with Gasteiger partial charge in [0.2, 0.25) is 11.2 Å². The van der Waals surface area contributed by atoms with Crippen molar-refractivity contribution >= 4 is 21.9 Å². The summed E-state index contributed by atoms with van der Waals surface area (Å²) in [6.45, 7) is 14.0. The molecule has 3 aromatic rings. The van der Waals surface area contributed by atoms with E-state index in [1.165, 1.54) is 17.7 Å². The lowest BCUT2D eigenvalue weighted by atomic mass is 9.88. The standard InChI is InChI=1S/C28H32O6/c1-15(2)7-6-8-17(5)9-10-18(16(3)4)13-20-22(30)14-23(31)24-25(32)19-11-12-21(29)26(33)28(19)34-27(20)24/h9,11-12,14,18,29-31,33H,1,3,6-8,10,13H2,2,4-5H3/b17-9+. The van der Waals surface area contributed by atoms with Crippen LogP contribution >= 0.6 is 0 Å². The Hall–Kier alpha value is -3.67. The van der Waals surface area contributed by atoms with Gasteiger partial charge in [-0.3, -0.25) is 4.79 Å². The fourth-order valence-corrected chi connectivity index (χ4v) is 4.10. The molecule has 34 heavy (non-hydrogen) atoms. The predicted molar refractivity (Wildman–Crippen MR) is 136 cm³/mol. The number of fused-ring (bicyclic) bond motifs is 2. The molecule has 180 valence electrons. The molecule has 0 aliphatic rings. The van der Waals surface area contributed by atoms with Crippen LogP contribution < -0.4 is 5.43 Å². The van der Waals surface area contributed by atoms with Crippen LogP contribution in [0.3, 0.4) is 0 Å². The number of benzene rings is 2. The lowest BCUT2D eigenvalue weighted by molar-refractivity contribution is 0.400. The van der Waals surface area contributed by atoms with Crippen LogP contribution in [0.5, 0.6) is 23.0 Å². The minimum absolute atomic E-state index is 0.0134. The number of phenols is 4. The Morgan fingerprint density at radius 2 is 1.71 bits per heavy atom. The fraction of sp³-hybridized carbons (Fsp3) is 0.321. The molecule has 0 spiro atoms. The van der Waals surface area contributed by atoms with Gasteiger partial charge in [0.25, 0.3) is 0 Å². The SMILES string of the molecule is C=C(C)CCC/C(C)=C/CC(Cc1c(O)cc(O)c2c(=O)c3ccc(O)c(O)c3oc12)C(=C)C. The smallest absolute Gasteiger partial charge is 0.204 e. The highest BCUT2D eigenvalue weighted by Crippen LogP contribution is 2.40. The average Bonchev–Trinajstić information content (AvgIpc) is 2.75. The summed E-state index contributed by atoms with van der Waals surface area (Å²) in [6.07, 6.45) is 6.13. The van der Waals surface area contributed by atoms with Crippen molar-refractivity contribution in [1.29, 1.82) is 0 Å². The van der Waals surface area contributed by atoms with Gasteiger partial charge in [-0.1, -0.05) is 29.4 Å². The van der Waals surface area contributed by atoms with E-state index in [-0.39, 0.29) is 33.6 Å². The van der Waals surface area contributed by atoms with E-state index in [2.05, 4.69) is 26.2 Å². The summed E-state index contributed by atoms with van der Waals surface area (Å²) in [6, 6.07) is 3.63. The lowest BCUT2D eigenvalue weighted by Gasteiger charge is -2.18. The van der Waals surface area contributed by atoms with Gasteiger partial charge in [0, 0.05) is 11.6 Å². The molecule has 6 nitrogen and oxygen atoms in total.